The van der Waals surface area contributed by atoms with E-state index in [1.54, 1.807) is 24.3 Å². The highest BCUT2D eigenvalue weighted by atomic mass is 16.2. The molecule has 1 saturated heterocycles. The summed E-state index contributed by atoms with van der Waals surface area (Å²) >= 11 is 0. The zero-order valence-electron chi connectivity index (χ0n) is 12.2. The van der Waals surface area contributed by atoms with Gasteiger partial charge in [0.05, 0.1) is 12.2 Å². The van der Waals surface area contributed by atoms with E-state index in [0.717, 1.165) is 25.7 Å². The average Bonchev–Trinajstić information content (AvgIpc) is 2.47. The van der Waals surface area contributed by atoms with Crippen molar-refractivity contribution in [2.24, 2.45) is 5.92 Å². The van der Waals surface area contributed by atoms with Crippen molar-refractivity contribution in [3.8, 4) is 0 Å². The number of benzene rings is 1. The molecule has 1 aromatic rings. The first kappa shape index (κ1) is 15.4. The van der Waals surface area contributed by atoms with Crippen molar-refractivity contribution < 1.29 is 14.4 Å². The number of piperidine rings is 1. The van der Waals surface area contributed by atoms with Gasteiger partial charge in [-0.15, -0.1) is 0 Å². The first-order chi connectivity index (χ1) is 10.1. The minimum Gasteiger partial charge on any atom is -0.324 e. The molecular formula is C16H20N2O3. The number of Topliss-reactive ketones (excluding diaryl/α,β-unsaturated/α-hetero) is 1. The van der Waals surface area contributed by atoms with Gasteiger partial charge in [-0.2, -0.15) is 0 Å². The van der Waals surface area contributed by atoms with Gasteiger partial charge < -0.3 is 10.1 Å². The normalized spacial score (nSPS) is 19.0. The molecule has 1 aliphatic rings. The van der Waals surface area contributed by atoms with Crippen LogP contribution in [0.2, 0.25) is 0 Å². The molecule has 0 bridgehead atoms. The summed E-state index contributed by atoms with van der Waals surface area (Å²) in [6.07, 6.45) is 2.80. The van der Waals surface area contributed by atoms with Gasteiger partial charge in [0.1, 0.15) is 6.29 Å². The van der Waals surface area contributed by atoms with Crippen LogP contribution in [0, 0.1) is 5.92 Å². The van der Waals surface area contributed by atoms with E-state index in [0.29, 0.717) is 17.8 Å². The van der Waals surface area contributed by atoms with Crippen molar-refractivity contribution in [2.45, 2.75) is 19.8 Å². The SMILES string of the molecule is CC(=O)c1ccccc1NC(=O)CN1CCCC(C=O)C1. The maximum absolute atomic E-state index is 12.1. The van der Waals surface area contributed by atoms with Crippen LogP contribution in [0.4, 0.5) is 5.69 Å². The molecule has 21 heavy (non-hydrogen) atoms. The summed E-state index contributed by atoms with van der Waals surface area (Å²) in [5, 5.41) is 2.78. The van der Waals surface area contributed by atoms with E-state index in [1.165, 1.54) is 6.92 Å². The lowest BCUT2D eigenvalue weighted by molar-refractivity contribution is -0.119. The summed E-state index contributed by atoms with van der Waals surface area (Å²) in [5.74, 6) is -0.212. The Kier molecular flexibility index (Phi) is 5.22. The second-order valence-corrected chi connectivity index (χ2v) is 5.42. The van der Waals surface area contributed by atoms with Crippen LogP contribution in [0.1, 0.15) is 30.1 Å². The number of nitrogens with zero attached hydrogens (tertiary/aromatic N) is 1. The van der Waals surface area contributed by atoms with E-state index in [2.05, 4.69) is 5.32 Å². The van der Waals surface area contributed by atoms with Gasteiger partial charge in [0.15, 0.2) is 5.78 Å². The number of para-hydroxylation sites is 1. The Bertz CT molecular complexity index is 542. The number of nitrogens with one attached hydrogen (secondary N) is 1. The summed E-state index contributed by atoms with van der Waals surface area (Å²) in [7, 11) is 0. The Balaban J connectivity index is 1.96. The number of likely N-dealkylation sites (tertiary alicyclic amines) is 1. The zero-order valence-corrected chi connectivity index (χ0v) is 12.2. The highest BCUT2D eigenvalue weighted by molar-refractivity contribution is 6.04. The predicted molar refractivity (Wildman–Crippen MR) is 80.3 cm³/mol. The lowest BCUT2D eigenvalue weighted by Crippen LogP contribution is -2.41. The van der Waals surface area contributed by atoms with Crippen molar-refractivity contribution in [1.29, 1.82) is 0 Å². The largest absolute Gasteiger partial charge is 0.324 e. The molecule has 2 rings (SSSR count). The van der Waals surface area contributed by atoms with Gasteiger partial charge in [-0.25, -0.2) is 0 Å². The molecule has 1 aromatic carbocycles. The molecule has 0 aliphatic carbocycles. The fourth-order valence-electron chi connectivity index (χ4n) is 2.64. The monoisotopic (exact) mass is 288 g/mol. The quantitative estimate of drug-likeness (QED) is 0.662. The highest BCUT2D eigenvalue weighted by Crippen LogP contribution is 2.17. The van der Waals surface area contributed by atoms with Crippen LogP contribution < -0.4 is 5.32 Å². The number of hydrogen-bond acceptors (Lipinski definition) is 4. The van der Waals surface area contributed by atoms with Gasteiger partial charge in [0.2, 0.25) is 5.91 Å². The second-order valence-electron chi connectivity index (χ2n) is 5.42. The number of aldehydes is 1. The van der Waals surface area contributed by atoms with E-state index < -0.39 is 0 Å². The number of ketones is 1. The van der Waals surface area contributed by atoms with E-state index in [9.17, 15) is 14.4 Å². The minimum absolute atomic E-state index is 0.0241. The van der Waals surface area contributed by atoms with Crippen LogP contribution in [0.15, 0.2) is 24.3 Å². The van der Waals surface area contributed by atoms with Crippen LogP contribution in [-0.4, -0.2) is 42.5 Å². The number of amides is 1. The molecule has 0 saturated carbocycles. The van der Waals surface area contributed by atoms with Crippen molar-refractivity contribution in [1.82, 2.24) is 4.90 Å². The molecule has 112 valence electrons. The van der Waals surface area contributed by atoms with Gasteiger partial charge in [-0.1, -0.05) is 12.1 Å². The Morgan fingerprint density at radius 2 is 2.14 bits per heavy atom. The number of carbonyl (C=O) groups excluding carboxylic acids is 3. The van der Waals surface area contributed by atoms with Crippen molar-refractivity contribution in [2.75, 3.05) is 25.0 Å². The number of anilines is 1. The standard InChI is InChI=1S/C16H20N2O3/c1-12(20)14-6-2-3-7-15(14)17-16(21)10-18-8-4-5-13(9-18)11-19/h2-3,6-7,11,13H,4-5,8-10H2,1H3,(H,17,21). The van der Waals surface area contributed by atoms with Crippen LogP contribution in [0.3, 0.4) is 0 Å². The minimum atomic E-state index is -0.157. The van der Waals surface area contributed by atoms with E-state index >= 15 is 0 Å². The summed E-state index contributed by atoms with van der Waals surface area (Å²) in [5.41, 5.74) is 1.05. The van der Waals surface area contributed by atoms with Crippen molar-refractivity contribution >= 4 is 23.7 Å². The lowest BCUT2D eigenvalue weighted by Gasteiger charge is -2.29. The molecule has 0 aromatic heterocycles. The lowest BCUT2D eigenvalue weighted by atomic mass is 10.00. The number of rotatable bonds is 5. The third kappa shape index (κ3) is 4.23. The van der Waals surface area contributed by atoms with Gasteiger partial charge in [0, 0.05) is 18.0 Å². The summed E-state index contributed by atoms with van der Waals surface area (Å²) in [4.78, 5) is 36.4. The van der Waals surface area contributed by atoms with Crippen LogP contribution in [-0.2, 0) is 9.59 Å². The molecule has 0 spiro atoms. The predicted octanol–water partition coefficient (Wildman–Crippen LogP) is 1.74. The number of hydrogen-bond donors (Lipinski definition) is 1. The first-order valence-corrected chi connectivity index (χ1v) is 7.17. The molecule has 1 atom stereocenters. The third-order valence-electron chi connectivity index (χ3n) is 3.68. The first-order valence-electron chi connectivity index (χ1n) is 7.17. The molecule has 5 heteroatoms. The molecule has 1 amide bonds. The Hall–Kier alpha value is -2.01. The third-order valence-corrected chi connectivity index (χ3v) is 3.68. The fraction of sp³-hybridized carbons (Fsp3) is 0.438. The molecule has 5 nitrogen and oxygen atoms in total. The topological polar surface area (TPSA) is 66.5 Å². The fourth-order valence-corrected chi connectivity index (χ4v) is 2.64. The van der Waals surface area contributed by atoms with Gasteiger partial charge >= 0.3 is 0 Å². The second kappa shape index (κ2) is 7.13. The molecule has 1 aliphatic heterocycles. The molecular weight excluding hydrogens is 268 g/mol. The summed E-state index contributed by atoms with van der Waals surface area (Å²) < 4.78 is 0. The van der Waals surface area contributed by atoms with Gasteiger partial charge in [-0.3, -0.25) is 14.5 Å². The van der Waals surface area contributed by atoms with E-state index in [-0.39, 0.29) is 24.2 Å². The Labute approximate surface area is 124 Å². The maximum Gasteiger partial charge on any atom is 0.238 e. The Morgan fingerprint density at radius 3 is 2.86 bits per heavy atom. The number of carbonyl (C=O) groups is 3. The molecule has 1 N–H and O–H groups in total. The molecule has 1 heterocycles. The zero-order chi connectivity index (χ0) is 15.2. The van der Waals surface area contributed by atoms with Crippen LogP contribution >= 0.6 is 0 Å². The molecule has 1 unspecified atom stereocenters. The summed E-state index contributed by atoms with van der Waals surface area (Å²) in [6.45, 7) is 3.18. The maximum atomic E-state index is 12.1. The van der Waals surface area contributed by atoms with Crippen LogP contribution in [0.25, 0.3) is 0 Å². The van der Waals surface area contributed by atoms with Gasteiger partial charge in [-0.05, 0) is 38.4 Å². The van der Waals surface area contributed by atoms with Crippen LogP contribution in [0.5, 0.6) is 0 Å². The smallest absolute Gasteiger partial charge is 0.238 e. The van der Waals surface area contributed by atoms with E-state index in [4.69, 9.17) is 0 Å². The Morgan fingerprint density at radius 1 is 1.38 bits per heavy atom. The van der Waals surface area contributed by atoms with Crippen molar-refractivity contribution in [3.05, 3.63) is 29.8 Å². The van der Waals surface area contributed by atoms with E-state index in [1.807, 2.05) is 4.90 Å². The summed E-state index contributed by atoms with van der Waals surface area (Å²) in [6, 6.07) is 6.97. The molecule has 0 radical (unpaired) electrons. The molecule has 1 fully saturated rings. The highest BCUT2D eigenvalue weighted by Gasteiger charge is 2.21. The average molecular weight is 288 g/mol. The van der Waals surface area contributed by atoms with Gasteiger partial charge in [0.25, 0.3) is 0 Å². The van der Waals surface area contributed by atoms with Crippen molar-refractivity contribution in [3.63, 3.8) is 0 Å².